The van der Waals surface area contributed by atoms with Gasteiger partial charge in [-0.25, -0.2) is 9.18 Å². The van der Waals surface area contributed by atoms with Crippen LogP contribution < -0.4 is 10.6 Å². The van der Waals surface area contributed by atoms with E-state index < -0.39 is 11.7 Å². The zero-order chi connectivity index (χ0) is 17.5. The van der Waals surface area contributed by atoms with Crippen LogP contribution in [0.1, 0.15) is 59.1 Å². The first kappa shape index (κ1) is 19.4. The van der Waals surface area contributed by atoms with Crippen molar-refractivity contribution in [3.63, 3.8) is 0 Å². The van der Waals surface area contributed by atoms with Gasteiger partial charge in [-0.3, -0.25) is 0 Å². The Morgan fingerprint density at radius 1 is 1.22 bits per heavy atom. The van der Waals surface area contributed by atoms with Gasteiger partial charge in [0.2, 0.25) is 0 Å². The molecular weight excluding hydrogens is 295 g/mol. The minimum absolute atomic E-state index is 0.0482. The van der Waals surface area contributed by atoms with E-state index in [4.69, 9.17) is 4.74 Å². The van der Waals surface area contributed by atoms with E-state index >= 15 is 0 Å². The number of ether oxygens (including phenoxy) is 1. The normalized spacial score (nSPS) is 14.2. The third-order valence-corrected chi connectivity index (χ3v) is 3.51. The summed E-state index contributed by atoms with van der Waals surface area (Å²) in [6, 6.07) is 6.76. The standard InChI is InChI=1S/C18H29FN2O2/c1-6-13(12-20-17(22)23-18(3,4)5)21-16(7-2)14-10-8-9-11-15(14)19/h8-11,13,16,21H,6-7,12H2,1-5H3,(H,20,22). The highest BCUT2D eigenvalue weighted by atomic mass is 19.1. The molecule has 0 aromatic heterocycles. The van der Waals surface area contributed by atoms with Crippen LogP contribution in [-0.2, 0) is 4.74 Å². The van der Waals surface area contributed by atoms with Gasteiger partial charge in [-0.05, 0) is 39.7 Å². The molecule has 130 valence electrons. The number of carbonyl (C=O) groups is 1. The van der Waals surface area contributed by atoms with Gasteiger partial charge in [0, 0.05) is 24.2 Å². The molecule has 23 heavy (non-hydrogen) atoms. The van der Waals surface area contributed by atoms with Crippen molar-refractivity contribution < 1.29 is 13.9 Å². The second-order valence-corrected chi connectivity index (χ2v) is 6.64. The van der Waals surface area contributed by atoms with E-state index in [-0.39, 0.29) is 17.9 Å². The SMILES string of the molecule is CCC(CNC(=O)OC(C)(C)C)NC(CC)c1ccccc1F. The molecule has 0 aliphatic rings. The van der Waals surface area contributed by atoms with Crippen LogP contribution in [0.3, 0.4) is 0 Å². The van der Waals surface area contributed by atoms with E-state index in [1.807, 2.05) is 40.7 Å². The summed E-state index contributed by atoms with van der Waals surface area (Å²) in [6.45, 7) is 9.96. The van der Waals surface area contributed by atoms with Crippen LogP contribution in [0.15, 0.2) is 24.3 Å². The predicted molar refractivity (Wildman–Crippen MR) is 90.9 cm³/mol. The summed E-state index contributed by atoms with van der Waals surface area (Å²) in [5, 5.41) is 6.19. The highest BCUT2D eigenvalue weighted by molar-refractivity contribution is 5.67. The molecule has 0 aliphatic heterocycles. The number of amides is 1. The molecule has 0 heterocycles. The Morgan fingerprint density at radius 3 is 2.39 bits per heavy atom. The molecule has 4 nitrogen and oxygen atoms in total. The van der Waals surface area contributed by atoms with E-state index in [2.05, 4.69) is 10.6 Å². The van der Waals surface area contributed by atoms with Gasteiger partial charge in [-0.2, -0.15) is 0 Å². The Balaban J connectivity index is 2.61. The molecule has 1 aromatic rings. The van der Waals surface area contributed by atoms with Crippen LogP contribution in [0.5, 0.6) is 0 Å². The van der Waals surface area contributed by atoms with E-state index in [9.17, 15) is 9.18 Å². The van der Waals surface area contributed by atoms with Crippen molar-refractivity contribution in [2.75, 3.05) is 6.54 Å². The number of rotatable bonds is 7. The minimum Gasteiger partial charge on any atom is -0.444 e. The number of nitrogens with one attached hydrogen (secondary N) is 2. The molecule has 0 fully saturated rings. The van der Waals surface area contributed by atoms with E-state index in [1.54, 1.807) is 12.1 Å². The van der Waals surface area contributed by atoms with Crippen molar-refractivity contribution in [1.29, 1.82) is 0 Å². The second kappa shape index (κ2) is 8.87. The lowest BCUT2D eigenvalue weighted by Gasteiger charge is -2.26. The number of hydrogen-bond donors (Lipinski definition) is 2. The molecule has 2 N–H and O–H groups in total. The molecule has 1 rings (SSSR count). The maximum Gasteiger partial charge on any atom is 0.407 e. The van der Waals surface area contributed by atoms with Crippen molar-refractivity contribution in [1.82, 2.24) is 10.6 Å². The van der Waals surface area contributed by atoms with Crippen LogP contribution >= 0.6 is 0 Å². The summed E-state index contributed by atoms with van der Waals surface area (Å²) < 4.78 is 19.2. The monoisotopic (exact) mass is 324 g/mol. The Morgan fingerprint density at radius 2 is 1.87 bits per heavy atom. The highest BCUT2D eigenvalue weighted by Gasteiger charge is 2.20. The van der Waals surface area contributed by atoms with Crippen molar-refractivity contribution in [2.24, 2.45) is 0 Å². The third-order valence-electron chi connectivity index (χ3n) is 3.51. The molecule has 2 unspecified atom stereocenters. The Hall–Kier alpha value is -1.62. The molecule has 0 saturated carbocycles. The molecule has 0 radical (unpaired) electrons. The van der Waals surface area contributed by atoms with Gasteiger partial charge in [-0.15, -0.1) is 0 Å². The zero-order valence-electron chi connectivity index (χ0n) is 14.8. The fourth-order valence-electron chi connectivity index (χ4n) is 2.31. The van der Waals surface area contributed by atoms with Crippen LogP contribution in [0.2, 0.25) is 0 Å². The van der Waals surface area contributed by atoms with E-state index in [0.717, 1.165) is 12.8 Å². The molecule has 0 aliphatic carbocycles. The lowest BCUT2D eigenvalue weighted by Crippen LogP contribution is -2.43. The minimum atomic E-state index is -0.516. The number of halogens is 1. The first-order chi connectivity index (χ1) is 10.8. The van der Waals surface area contributed by atoms with Crippen molar-refractivity contribution in [3.8, 4) is 0 Å². The van der Waals surface area contributed by atoms with Crippen LogP contribution in [0.4, 0.5) is 9.18 Å². The summed E-state index contributed by atoms with van der Waals surface area (Å²) in [7, 11) is 0. The highest BCUT2D eigenvalue weighted by Crippen LogP contribution is 2.20. The number of hydrogen-bond acceptors (Lipinski definition) is 3. The van der Waals surface area contributed by atoms with Crippen LogP contribution in [0, 0.1) is 5.82 Å². The van der Waals surface area contributed by atoms with Gasteiger partial charge in [0.25, 0.3) is 0 Å². The predicted octanol–water partition coefficient (Wildman–Crippen LogP) is 4.17. The summed E-state index contributed by atoms with van der Waals surface area (Å²) in [5.74, 6) is -0.207. The Kier molecular flexibility index (Phi) is 7.49. The first-order valence-electron chi connectivity index (χ1n) is 8.24. The quantitative estimate of drug-likeness (QED) is 0.791. The van der Waals surface area contributed by atoms with E-state index in [1.165, 1.54) is 6.07 Å². The lowest BCUT2D eigenvalue weighted by atomic mass is 10.0. The van der Waals surface area contributed by atoms with Gasteiger partial charge in [-0.1, -0.05) is 32.0 Å². The van der Waals surface area contributed by atoms with Crippen molar-refractivity contribution in [3.05, 3.63) is 35.6 Å². The Labute approximate surface area is 138 Å². The molecule has 0 saturated heterocycles. The number of benzene rings is 1. The van der Waals surface area contributed by atoms with Gasteiger partial charge in [0.15, 0.2) is 0 Å². The van der Waals surface area contributed by atoms with Gasteiger partial charge >= 0.3 is 6.09 Å². The largest absolute Gasteiger partial charge is 0.444 e. The smallest absolute Gasteiger partial charge is 0.407 e. The average molecular weight is 324 g/mol. The topological polar surface area (TPSA) is 50.4 Å². The average Bonchev–Trinajstić information content (AvgIpc) is 2.47. The zero-order valence-corrected chi connectivity index (χ0v) is 14.8. The third kappa shape index (κ3) is 6.99. The molecule has 0 spiro atoms. The lowest BCUT2D eigenvalue weighted by molar-refractivity contribution is 0.0521. The molecule has 1 amide bonds. The van der Waals surface area contributed by atoms with Gasteiger partial charge in [0.05, 0.1) is 0 Å². The maximum atomic E-state index is 14.0. The Bertz CT molecular complexity index is 500. The summed E-state index contributed by atoms with van der Waals surface area (Å²) in [6.07, 6.45) is 1.15. The van der Waals surface area contributed by atoms with E-state index in [0.29, 0.717) is 12.1 Å². The summed E-state index contributed by atoms with van der Waals surface area (Å²) in [4.78, 5) is 11.7. The number of alkyl carbamates (subject to hydrolysis) is 1. The number of carbonyl (C=O) groups excluding carboxylic acids is 1. The van der Waals surface area contributed by atoms with Gasteiger partial charge in [0.1, 0.15) is 11.4 Å². The molecular formula is C18H29FN2O2. The fourth-order valence-corrected chi connectivity index (χ4v) is 2.31. The van der Waals surface area contributed by atoms with Crippen molar-refractivity contribution in [2.45, 2.75) is 65.1 Å². The summed E-state index contributed by atoms with van der Waals surface area (Å²) in [5.41, 5.74) is 0.143. The van der Waals surface area contributed by atoms with Crippen LogP contribution in [0.25, 0.3) is 0 Å². The van der Waals surface area contributed by atoms with Gasteiger partial charge < -0.3 is 15.4 Å². The fraction of sp³-hybridized carbons (Fsp3) is 0.611. The van der Waals surface area contributed by atoms with Crippen LogP contribution in [-0.4, -0.2) is 24.3 Å². The second-order valence-electron chi connectivity index (χ2n) is 6.64. The van der Waals surface area contributed by atoms with Crippen molar-refractivity contribution >= 4 is 6.09 Å². The molecule has 2 atom stereocenters. The molecule has 0 bridgehead atoms. The molecule has 1 aromatic carbocycles. The summed E-state index contributed by atoms with van der Waals surface area (Å²) >= 11 is 0. The molecule has 5 heteroatoms. The first-order valence-corrected chi connectivity index (χ1v) is 8.24. The maximum absolute atomic E-state index is 14.0.